The van der Waals surface area contributed by atoms with Crippen molar-refractivity contribution in [2.75, 3.05) is 19.8 Å². The fourth-order valence-corrected chi connectivity index (χ4v) is 2.79. The molecule has 132 valence electrons. The van der Waals surface area contributed by atoms with E-state index >= 15 is 0 Å². The summed E-state index contributed by atoms with van der Waals surface area (Å²) >= 11 is 0. The topological polar surface area (TPSA) is 64.6 Å². The van der Waals surface area contributed by atoms with E-state index < -0.39 is 0 Å². The molecule has 0 radical (unpaired) electrons. The predicted octanol–water partition coefficient (Wildman–Crippen LogP) is 3.12. The molecule has 0 aromatic heterocycles. The molecule has 0 bridgehead atoms. The Morgan fingerprint density at radius 1 is 1.21 bits per heavy atom. The van der Waals surface area contributed by atoms with Crippen LogP contribution in [-0.2, 0) is 9.53 Å². The van der Waals surface area contributed by atoms with Crippen molar-refractivity contribution in [3.05, 3.63) is 29.8 Å². The highest BCUT2D eigenvalue weighted by atomic mass is 16.5. The van der Waals surface area contributed by atoms with Crippen LogP contribution in [0.4, 0.5) is 0 Å². The lowest BCUT2D eigenvalue weighted by Crippen LogP contribution is -2.30. The molecule has 0 atom stereocenters. The molecule has 1 aromatic rings. The van der Waals surface area contributed by atoms with Crippen LogP contribution in [0, 0.1) is 0 Å². The molecular formula is C19H27NO4. The molecule has 0 unspecified atom stereocenters. The Bertz CT molecular complexity index is 538. The molecule has 0 aliphatic heterocycles. The van der Waals surface area contributed by atoms with Crippen molar-refractivity contribution in [1.29, 1.82) is 0 Å². The van der Waals surface area contributed by atoms with Crippen molar-refractivity contribution in [3.8, 4) is 5.75 Å². The Morgan fingerprint density at radius 2 is 2.00 bits per heavy atom. The van der Waals surface area contributed by atoms with E-state index in [1.807, 2.05) is 0 Å². The van der Waals surface area contributed by atoms with Crippen LogP contribution in [0.25, 0.3) is 0 Å². The molecule has 1 aliphatic rings. The lowest BCUT2D eigenvalue weighted by atomic mass is 9.98. The molecular weight excluding hydrogens is 306 g/mol. The zero-order chi connectivity index (χ0) is 17.2. The van der Waals surface area contributed by atoms with E-state index in [0.717, 1.165) is 6.42 Å². The second-order valence-electron chi connectivity index (χ2n) is 6.21. The van der Waals surface area contributed by atoms with Gasteiger partial charge in [0.15, 0.2) is 12.4 Å². The van der Waals surface area contributed by atoms with Gasteiger partial charge in [-0.15, -0.1) is 0 Å². The molecule has 1 aromatic carbocycles. The Balaban J connectivity index is 1.56. The number of carbonyl (C=O) groups is 2. The Kier molecular flexibility index (Phi) is 7.75. The fourth-order valence-electron chi connectivity index (χ4n) is 2.79. The summed E-state index contributed by atoms with van der Waals surface area (Å²) in [6.07, 6.45) is 7.41. The van der Waals surface area contributed by atoms with Gasteiger partial charge in [0.1, 0.15) is 5.75 Å². The number of nitrogens with one attached hydrogen (secondary N) is 1. The molecule has 1 fully saturated rings. The van der Waals surface area contributed by atoms with Crippen molar-refractivity contribution in [1.82, 2.24) is 5.32 Å². The first-order valence-electron chi connectivity index (χ1n) is 8.77. The molecule has 1 N–H and O–H groups in total. The lowest BCUT2D eigenvalue weighted by Gasteiger charge is -2.21. The number of hydrogen-bond donors (Lipinski definition) is 1. The third-order valence-corrected chi connectivity index (χ3v) is 4.16. The van der Waals surface area contributed by atoms with Gasteiger partial charge in [0.2, 0.25) is 0 Å². The number of benzene rings is 1. The highest BCUT2D eigenvalue weighted by Crippen LogP contribution is 2.20. The second-order valence-corrected chi connectivity index (χ2v) is 6.21. The van der Waals surface area contributed by atoms with Gasteiger partial charge in [-0.25, -0.2) is 0 Å². The van der Waals surface area contributed by atoms with Crippen molar-refractivity contribution in [2.45, 2.75) is 51.6 Å². The van der Waals surface area contributed by atoms with Crippen LogP contribution in [-0.4, -0.2) is 37.6 Å². The van der Waals surface area contributed by atoms with Gasteiger partial charge < -0.3 is 14.8 Å². The predicted molar refractivity (Wildman–Crippen MR) is 92.4 cm³/mol. The van der Waals surface area contributed by atoms with E-state index in [4.69, 9.17) is 9.47 Å². The van der Waals surface area contributed by atoms with Crippen molar-refractivity contribution in [3.63, 3.8) is 0 Å². The largest absolute Gasteiger partial charge is 0.484 e. The van der Waals surface area contributed by atoms with Gasteiger partial charge in [-0.2, -0.15) is 0 Å². The molecule has 0 saturated heterocycles. The summed E-state index contributed by atoms with van der Waals surface area (Å²) in [4.78, 5) is 23.1. The van der Waals surface area contributed by atoms with Crippen LogP contribution in [0.3, 0.4) is 0 Å². The first-order chi connectivity index (χ1) is 11.6. The maximum atomic E-state index is 11.8. The fraction of sp³-hybridized carbons (Fsp3) is 0.579. The summed E-state index contributed by atoms with van der Waals surface area (Å²) in [6, 6.07) is 6.85. The zero-order valence-electron chi connectivity index (χ0n) is 14.4. The summed E-state index contributed by atoms with van der Waals surface area (Å²) < 4.78 is 11.2. The number of hydrogen-bond acceptors (Lipinski definition) is 4. The standard InChI is InChI=1S/C19H27NO4/c1-15(21)16-7-5-10-18(13-16)24-14-19(22)20-11-6-12-23-17-8-3-2-4-9-17/h5,7,10,13,17H,2-4,6,8-9,11-12,14H2,1H3,(H,20,22). The van der Waals surface area contributed by atoms with Gasteiger partial charge in [0.05, 0.1) is 6.10 Å². The highest BCUT2D eigenvalue weighted by Gasteiger charge is 2.13. The number of amides is 1. The molecule has 0 spiro atoms. The Labute approximate surface area is 143 Å². The highest BCUT2D eigenvalue weighted by molar-refractivity contribution is 5.94. The third-order valence-electron chi connectivity index (χ3n) is 4.16. The lowest BCUT2D eigenvalue weighted by molar-refractivity contribution is -0.123. The quantitative estimate of drug-likeness (QED) is 0.557. The Hall–Kier alpha value is -1.88. The molecule has 2 rings (SSSR count). The number of ketones is 1. The normalized spacial score (nSPS) is 15.0. The summed E-state index contributed by atoms with van der Waals surface area (Å²) in [5, 5.41) is 2.82. The molecule has 1 aliphatic carbocycles. The molecule has 5 nitrogen and oxygen atoms in total. The first kappa shape index (κ1) is 18.5. The van der Waals surface area contributed by atoms with Crippen LogP contribution < -0.4 is 10.1 Å². The number of Topliss-reactive ketones (excluding diaryl/α,β-unsaturated/α-hetero) is 1. The first-order valence-corrected chi connectivity index (χ1v) is 8.77. The molecule has 1 amide bonds. The van der Waals surface area contributed by atoms with Gasteiger partial charge >= 0.3 is 0 Å². The van der Waals surface area contributed by atoms with E-state index in [9.17, 15) is 9.59 Å². The summed E-state index contributed by atoms with van der Waals surface area (Å²) in [5.41, 5.74) is 0.577. The van der Waals surface area contributed by atoms with Crippen LogP contribution in [0.15, 0.2) is 24.3 Å². The average molecular weight is 333 g/mol. The van der Waals surface area contributed by atoms with Gasteiger partial charge in [0.25, 0.3) is 5.91 Å². The van der Waals surface area contributed by atoms with Crippen molar-refractivity contribution < 1.29 is 19.1 Å². The smallest absolute Gasteiger partial charge is 0.257 e. The second kappa shape index (κ2) is 10.1. The molecule has 5 heteroatoms. The van der Waals surface area contributed by atoms with E-state index in [1.54, 1.807) is 24.3 Å². The van der Waals surface area contributed by atoms with Gasteiger partial charge in [-0.05, 0) is 38.3 Å². The van der Waals surface area contributed by atoms with E-state index in [-0.39, 0.29) is 18.3 Å². The average Bonchev–Trinajstić information content (AvgIpc) is 2.61. The van der Waals surface area contributed by atoms with Gasteiger partial charge in [0, 0.05) is 18.7 Å². The van der Waals surface area contributed by atoms with Gasteiger partial charge in [-0.3, -0.25) is 9.59 Å². The van der Waals surface area contributed by atoms with Crippen molar-refractivity contribution >= 4 is 11.7 Å². The number of rotatable bonds is 9. The minimum atomic E-state index is -0.166. The monoisotopic (exact) mass is 333 g/mol. The van der Waals surface area contributed by atoms with Gasteiger partial charge in [-0.1, -0.05) is 31.4 Å². The van der Waals surface area contributed by atoms with E-state index in [1.165, 1.54) is 39.0 Å². The molecule has 24 heavy (non-hydrogen) atoms. The number of ether oxygens (including phenoxy) is 2. The van der Waals surface area contributed by atoms with Crippen LogP contribution >= 0.6 is 0 Å². The van der Waals surface area contributed by atoms with Crippen LogP contribution in [0.5, 0.6) is 5.75 Å². The van der Waals surface area contributed by atoms with Crippen LogP contribution in [0.1, 0.15) is 55.8 Å². The SMILES string of the molecule is CC(=O)c1cccc(OCC(=O)NCCCOC2CCCCC2)c1. The summed E-state index contributed by atoms with van der Waals surface area (Å²) in [6.45, 7) is 2.72. The minimum absolute atomic E-state index is 0.0251. The summed E-state index contributed by atoms with van der Waals surface area (Å²) in [5.74, 6) is 0.335. The zero-order valence-corrected chi connectivity index (χ0v) is 14.4. The van der Waals surface area contributed by atoms with Crippen LogP contribution in [0.2, 0.25) is 0 Å². The minimum Gasteiger partial charge on any atom is -0.484 e. The maximum absolute atomic E-state index is 11.8. The molecule has 0 heterocycles. The number of carbonyl (C=O) groups excluding carboxylic acids is 2. The van der Waals surface area contributed by atoms with Crippen molar-refractivity contribution in [2.24, 2.45) is 0 Å². The van der Waals surface area contributed by atoms with E-state index in [2.05, 4.69) is 5.32 Å². The third kappa shape index (κ3) is 6.71. The van der Waals surface area contributed by atoms with E-state index in [0.29, 0.717) is 30.6 Å². The Morgan fingerprint density at radius 3 is 2.75 bits per heavy atom. The maximum Gasteiger partial charge on any atom is 0.257 e. The summed E-state index contributed by atoms with van der Waals surface area (Å²) in [7, 11) is 0. The molecule has 1 saturated carbocycles.